The van der Waals surface area contributed by atoms with Gasteiger partial charge in [-0.25, -0.2) is 8.42 Å². The van der Waals surface area contributed by atoms with E-state index >= 15 is 0 Å². The van der Waals surface area contributed by atoms with Crippen LogP contribution in [0.2, 0.25) is 0 Å². The molecule has 1 saturated heterocycles. The number of rotatable bonds is 7. The van der Waals surface area contributed by atoms with Gasteiger partial charge in [-0.1, -0.05) is 40.9 Å². The lowest BCUT2D eigenvalue weighted by atomic mass is 10.1. The maximum absolute atomic E-state index is 12.9. The van der Waals surface area contributed by atoms with Crippen molar-refractivity contribution in [2.24, 2.45) is 0 Å². The fourth-order valence-electron chi connectivity index (χ4n) is 3.87. The minimum Gasteiger partial charge on any atom is -0.337 e. The smallest absolute Gasteiger partial charge is 0.253 e. The molecule has 0 radical (unpaired) electrons. The number of hydrogen-bond donors (Lipinski definition) is 1. The molecule has 1 fully saturated rings. The number of hydrogen-bond acceptors (Lipinski definition) is 7. The van der Waals surface area contributed by atoms with Crippen molar-refractivity contribution in [3.05, 3.63) is 65.5 Å². The first-order chi connectivity index (χ1) is 16.8. The Morgan fingerprint density at radius 2 is 1.77 bits per heavy atom. The van der Waals surface area contributed by atoms with Gasteiger partial charge in [0.15, 0.2) is 0 Å². The van der Waals surface area contributed by atoms with Crippen LogP contribution in [0.15, 0.2) is 57.9 Å². The molecule has 2 aromatic carbocycles. The first-order valence-electron chi connectivity index (χ1n) is 11.3. The number of aromatic nitrogens is 2. The molecule has 1 amide bonds. The summed E-state index contributed by atoms with van der Waals surface area (Å²) in [5.41, 5.74) is 2.50. The first kappa shape index (κ1) is 24.6. The van der Waals surface area contributed by atoms with Crippen LogP contribution in [0.3, 0.4) is 0 Å². The number of benzene rings is 2. The molecule has 1 N–H and O–H groups in total. The van der Waals surface area contributed by atoms with E-state index in [4.69, 9.17) is 10.9 Å². The molecule has 9 nitrogen and oxygen atoms in total. The summed E-state index contributed by atoms with van der Waals surface area (Å²) in [6.07, 6.45) is 5.11. The van der Waals surface area contributed by atoms with Gasteiger partial charge in [0.2, 0.25) is 21.7 Å². The minimum absolute atomic E-state index is 0.0625. The summed E-state index contributed by atoms with van der Waals surface area (Å²) in [5, 5.41) is 4.12. The van der Waals surface area contributed by atoms with Gasteiger partial charge in [-0.15, -0.1) is 6.42 Å². The summed E-state index contributed by atoms with van der Waals surface area (Å²) < 4.78 is 32.1. The Labute approximate surface area is 205 Å². The van der Waals surface area contributed by atoms with Crippen molar-refractivity contribution in [1.29, 1.82) is 0 Å². The van der Waals surface area contributed by atoms with Crippen LogP contribution in [-0.2, 0) is 10.0 Å². The fraction of sp³-hybridized carbons (Fsp3) is 0.320. The van der Waals surface area contributed by atoms with Crippen LogP contribution < -0.4 is 4.72 Å². The molecule has 1 aliphatic rings. The molecule has 1 aliphatic heterocycles. The Morgan fingerprint density at radius 3 is 2.40 bits per heavy atom. The molecule has 1 aromatic heterocycles. The predicted molar refractivity (Wildman–Crippen MR) is 131 cm³/mol. The second-order valence-corrected chi connectivity index (χ2v) is 10.1. The second kappa shape index (κ2) is 10.4. The summed E-state index contributed by atoms with van der Waals surface area (Å²) in [4.78, 5) is 21.5. The number of carbonyl (C=O) groups excluding carboxylic acids is 1. The van der Waals surface area contributed by atoms with E-state index in [2.05, 4.69) is 25.7 Å². The Bertz CT molecular complexity index is 1320. The molecular weight excluding hydrogens is 466 g/mol. The average molecular weight is 494 g/mol. The maximum atomic E-state index is 12.9. The summed E-state index contributed by atoms with van der Waals surface area (Å²) in [6, 6.07) is 13.7. The summed E-state index contributed by atoms with van der Waals surface area (Å²) in [6.45, 7) is 6.31. The number of amides is 1. The Balaban J connectivity index is 1.35. The highest BCUT2D eigenvalue weighted by Crippen LogP contribution is 2.24. The van der Waals surface area contributed by atoms with Crippen LogP contribution in [0, 0.1) is 19.3 Å². The number of aryl methyl sites for hydroxylation is 1. The minimum atomic E-state index is -3.70. The highest BCUT2D eigenvalue weighted by molar-refractivity contribution is 7.89. The van der Waals surface area contributed by atoms with Crippen molar-refractivity contribution in [3.8, 4) is 23.7 Å². The van der Waals surface area contributed by atoms with Crippen LogP contribution in [0.1, 0.15) is 34.8 Å². The number of nitrogens with one attached hydrogen (secondary N) is 1. The SMILES string of the molecule is C#CCNS(=O)(=O)c1ccc(C(=O)N2CCN(C(C)c3nc(-c4ccc(C)cc4)no3)CC2)cc1. The van der Waals surface area contributed by atoms with Gasteiger partial charge < -0.3 is 9.42 Å². The standard InChI is InChI=1S/C25H27N5O4S/c1-4-13-26-35(32,33)22-11-9-21(10-12-22)25(31)30-16-14-29(15-17-30)19(3)24-27-23(28-34-24)20-7-5-18(2)6-8-20/h1,5-12,19,26H,13-17H2,2-3H3. The third-order valence-corrected chi connectivity index (χ3v) is 7.45. The average Bonchev–Trinajstić information content (AvgIpc) is 3.37. The van der Waals surface area contributed by atoms with Gasteiger partial charge in [0.05, 0.1) is 17.5 Å². The monoisotopic (exact) mass is 493 g/mol. The number of terminal acetylenes is 1. The number of piperazine rings is 1. The molecule has 35 heavy (non-hydrogen) atoms. The van der Waals surface area contributed by atoms with E-state index < -0.39 is 10.0 Å². The van der Waals surface area contributed by atoms with E-state index in [1.807, 2.05) is 38.1 Å². The van der Waals surface area contributed by atoms with Crippen molar-refractivity contribution in [2.75, 3.05) is 32.7 Å². The quantitative estimate of drug-likeness (QED) is 0.504. The predicted octanol–water partition coefficient (Wildman–Crippen LogP) is 2.48. The van der Waals surface area contributed by atoms with E-state index in [1.165, 1.54) is 24.3 Å². The zero-order chi connectivity index (χ0) is 25.0. The van der Waals surface area contributed by atoms with Crippen LogP contribution in [0.5, 0.6) is 0 Å². The van der Waals surface area contributed by atoms with Crippen molar-refractivity contribution in [3.63, 3.8) is 0 Å². The fourth-order valence-corrected chi connectivity index (χ4v) is 4.81. The second-order valence-electron chi connectivity index (χ2n) is 8.38. The van der Waals surface area contributed by atoms with Crippen LogP contribution in [0.25, 0.3) is 11.4 Å². The zero-order valence-electron chi connectivity index (χ0n) is 19.6. The van der Waals surface area contributed by atoms with Gasteiger partial charge in [0.25, 0.3) is 5.91 Å². The molecule has 0 spiro atoms. The lowest BCUT2D eigenvalue weighted by Crippen LogP contribution is -2.49. The Hall–Kier alpha value is -3.52. The van der Waals surface area contributed by atoms with Crippen LogP contribution in [0.4, 0.5) is 0 Å². The van der Waals surface area contributed by atoms with Crippen LogP contribution >= 0.6 is 0 Å². The highest BCUT2D eigenvalue weighted by atomic mass is 32.2. The number of sulfonamides is 1. The van der Waals surface area contributed by atoms with Crippen molar-refractivity contribution in [2.45, 2.75) is 24.8 Å². The van der Waals surface area contributed by atoms with Gasteiger partial charge >= 0.3 is 0 Å². The van der Waals surface area contributed by atoms with Crippen molar-refractivity contribution < 1.29 is 17.7 Å². The third kappa shape index (κ3) is 5.59. The molecule has 10 heteroatoms. The molecule has 4 rings (SSSR count). The largest absolute Gasteiger partial charge is 0.337 e. The van der Waals surface area contributed by atoms with E-state index in [0.717, 1.165) is 11.1 Å². The molecule has 0 bridgehead atoms. The topological polar surface area (TPSA) is 109 Å². The molecule has 3 aromatic rings. The summed E-state index contributed by atoms with van der Waals surface area (Å²) >= 11 is 0. The number of nitrogens with zero attached hydrogens (tertiary/aromatic N) is 4. The molecular formula is C25H27N5O4S. The molecule has 1 atom stereocenters. The lowest BCUT2D eigenvalue weighted by Gasteiger charge is -2.36. The highest BCUT2D eigenvalue weighted by Gasteiger charge is 2.28. The van der Waals surface area contributed by atoms with E-state index in [9.17, 15) is 13.2 Å². The molecule has 2 heterocycles. The first-order valence-corrected chi connectivity index (χ1v) is 12.7. The molecule has 0 aliphatic carbocycles. The van der Waals surface area contributed by atoms with Gasteiger partial charge in [0.1, 0.15) is 0 Å². The van der Waals surface area contributed by atoms with E-state index in [1.54, 1.807) is 4.90 Å². The van der Waals surface area contributed by atoms with Gasteiger partial charge in [-0.05, 0) is 38.1 Å². The Kier molecular flexibility index (Phi) is 7.31. The lowest BCUT2D eigenvalue weighted by molar-refractivity contribution is 0.0551. The summed E-state index contributed by atoms with van der Waals surface area (Å²) in [5.74, 6) is 3.18. The Morgan fingerprint density at radius 1 is 1.11 bits per heavy atom. The molecule has 182 valence electrons. The van der Waals surface area contributed by atoms with Gasteiger partial charge in [0, 0.05) is 37.3 Å². The third-order valence-electron chi connectivity index (χ3n) is 6.03. The van der Waals surface area contributed by atoms with Crippen molar-refractivity contribution in [1.82, 2.24) is 24.7 Å². The van der Waals surface area contributed by atoms with Gasteiger partial charge in [-0.3, -0.25) is 9.69 Å². The number of carbonyl (C=O) groups is 1. The maximum Gasteiger partial charge on any atom is 0.253 e. The van der Waals surface area contributed by atoms with Crippen LogP contribution in [-0.4, -0.2) is 67.0 Å². The van der Waals surface area contributed by atoms with Crippen molar-refractivity contribution >= 4 is 15.9 Å². The molecule has 0 saturated carbocycles. The van der Waals surface area contributed by atoms with Gasteiger partial charge in [-0.2, -0.15) is 9.71 Å². The normalized spacial score (nSPS) is 15.5. The van der Waals surface area contributed by atoms with E-state index in [-0.39, 0.29) is 23.4 Å². The van der Waals surface area contributed by atoms with E-state index in [0.29, 0.717) is 43.5 Å². The zero-order valence-corrected chi connectivity index (χ0v) is 20.5. The molecule has 1 unspecified atom stereocenters. The summed E-state index contributed by atoms with van der Waals surface area (Å²) in [7, 11) is -3.70.